The first kappa shape index (κ1) is 12.1. The quantitative estimate of drug-likeness (QED) is 0.826. The van der Waals surface area contributed by atoms with Gasteiger partial charge in [-0.3, -0.25) is 0 Å². The molecule has 0 saturated carbocycles. The number of nitrogens with one attached hydrogen (secondary N) is 1. The van der Waals surface area contributed by atoms with Crippen molar-refractivity contribution >= 4 is 5.69 Å². The van der Waals surface area contributed by atoms with Crippen molar-refractivity contribution in [1.29, 1.82) is 0 Å². The molecule has 1 N–H and O–H groups in total. The fourth-order valence-corrected chi connectivity index (χ4v) is 3.42. The molecule has 0 saturated heterocycles. The molecule has 0 radical (unpaired) electrons. The zero-order valence-corrected chi connectivity index (χ0v) is 12.1. The van der Waals surface area contributed by atoms with Gasteiger partial charge in [0.1, 0.15) is 0 Å². The van der Waals surface area contributed by atoms with E-state index in [0.717, 1.165) is 17.8 Å². The molecule has 1 heterocycles. The first-order valence-electron chi connectivity index (χ1n) is 7.45. The summed E-state index contributed by atoms with van der Waals surface area (Å²) in [6.07, 6.45) is 3.80. The summed E-state index contributed by atoms with van der Waals surface area (Å²) in [6.45, 7) is 9.34. The van der Waals surface area contributed by atoms with Gasteiger partial charge in [-0.05, 0) is 59.8 Å². The summed E-state index contributed by atoms with van der Waals surface area (Å²) < 4.78 is 0. The molecule has 1 nitrogen and oxygen atoms in total. The lowest BCUT2D eigenvalue weighted by molar-refractivity contribution is 0.404. The normalized spacial score (nSPS) is 25.4. The lowest BCUT2D eigenvalue weighted by Gasteiger charge is -2.15. The van der Waals surface area contributed by atoms with Gasteiger partial charge in [0.2, 0.25) is 0 Å². The van der Waals surface area contributed by atoms with Gasteiger partial charge in [0.05, 0.1) is 0 Å². The van der Waals surface area contributed by atoms with Crippen LogP contribution in [0, 0.1) is 17.8 Å². The van der Waals surface area contributed by atoms with Crippen LogP contribution in [0.2, 0.25) is 0 Å². The molecule has 0 aromatic heterocycles. The SMILES string of the molecule is CC(C)C1Cc2cc3c(cc2C1)NC(C(C)C)C3. The van der Waals surface area contributed by atoms with E-state index in [9.17, 15) is 0 Å². The standard InChI is InChI=1S/C17H25N/c1-10(2)12-5-13-7-15-9-16(11(3)4)18-17(15)8-14(13)6-12/h7-8,10-12,16,18H,5-6,9H2,1-4H3. The summed E-state index contributed by atoms with van der Waals surface area (Å²) >= 11 is 0. The highest BCUT2D eigenvalue weighted by Gasteiger charge is 2.29. The van der Waals surface area contributed by atoms with E-state index in [-0.39, 0.29) is 0 Å². The fraction of sp³-hybridized carbons (Fsp3) is 0.647. The maximum Gasteiger partial charge on any atom is 0.0378 e. The predicted octanol–water partition coefficient (Wildman–Crippen LogP) is 4.05. The van der Waals surface area contributed by atoms with Crippen LogP contribution in [0.4, 0.5) is 5.69 Å². The summed E-state index contributed by atoms with van der Waals surface area (Å²) in [4.78, 5) is 0. The second-order valence-corrected chi connectivity index (χ2v) is 6.89. The molecule has 1 aromatic rings. The average Bonchev–Trinajstić information content (AvgIpc) is 2.87. The van der Waals surface area contributed by atoms with Crippen molar-refractivity contribution in [2.24, 2.45) is 17.8 Å². The van der Waals surface area contributed by atoms with Crippen molar-refractivity contribution in [3.8, 4) is 0 Å². The molecular formula is C17H25N. The van der Waals surface area contributed by atoms with E-state index in [1.807, 2.05) is 0 Å². The van der Waals surface area contributed by atoms with Crippen LogP contribution in [0.5, 0.6) is 0 Å². The third kappa shape index (κ3) is 1.94. The summed E-state index contributed by atoms with van der Waals surface area (Å²) in [7, 11) is 0. The Labute approximate surface area is 111 Å². The van der Waals surface area contributed by atoms with Gasteiger partial charge in [-0.1, -0.05) is 33.8 Å². The molecule has 98 valence electrons. The zero-order valence-electron chi connectivity index (χ0n) is 12.1. The number of benzene rings is 1. The van der Waals surface area contributed by atoms with Gasteiger partial charge >= 0.3 is 0 Å². The van der Waals surface area contributed by atoms with Crippen molar-refractivity contribution in [2.45, 2.75) is 53.0 Å². The summed E-state index contributed by atoms with van der Waals surface area (Å²) in [5, 5.41) is 3.71. The maximum atomic E-state index is 3.71. The van der Waals surface area contributed by atoms with Crippen LogP contribution in [0.1, 0.15) is 44.4 Å². The van der Waals surface area contributed by atoms with Gasteiger partial charge in [0.25, 0.3) is 0 Å². The van der Waals surface area contributed by atoms with E-state index < -0.39 is 0 Å². The summed E-state index contributed by atoms with van der Waals surface area (Å²) in [5.41, 5.74) is 6.19. The van der Waals surface area contributed by atoms with E-state index in [2.05, 4.69) is 45.1 Å². The summed E-state index contributed by atoms with van der Waals surface area (Å²) in [5.74, 6) is 2.39. The second-order valence-electron chi connectivity index (χ2n) is 6.89. The molecule has 1 aliphatic carbocycles. The molecule has 2 atom stereocenters. The number of fused-ring (bicyclic) bond motifs is 2. The van der Waals surface area contributed by atoms with Gasteiger partial charge in [0, 0.05) is 11.7 Å². The smallest absolute Gasteiger partial charge is 0.0378 e. The minimum Gasteiger partial charge on any atom is -0.381 e. The molecule has 0 bridgehead atoms. The zero-order chi connectivity index (χ0) is 12.9. The monoisotopic (exact) mass is 243 g/mol. The van der Waals surface area contributed by atoms with Gasteiger partial charge in [0.15, 0.2) is 0 Å². The third-order valence-electron chi connectivity index (χ3n) is 4.92. The molecule has 3 rings (SSSR count). The van der Waals surface area contributed by atoms with Crippen LogP contribution in [-0.4, -0.2) is 6.04 Å². The number of hydrogen-bond donors (Lipinski definition) is 1. The largest absolute Gasteiger partial charge is 0.381 e. The molecule has 0 amide bonds. The number of hydrogen-bond acceptors (Lipinski definition) is 1. The molecule has 1 heteroatoms. The Morgan fingerprint density at radius 3 is 2.17 bits per heavy atom. The van der Waals surface area contributed by atoms with Crippen LogP contribution in [0.25, 0.3) is 0 Å². The Balaban J connectivity index is 1.85. The van der Waals surface area contributed by atoms with E-state index in [0.29, 0.717) is 6.04 Å². The Morgan fingerprint density at radius 2 is 1.56 bits per heavy atom. The first-order chi connectivity index (χ1) is 8.54. The van der Waals surface area contributed by atoms with Crippen molar-refractivity contribution in [1.82, 2.24) is 0 Å². The molecular weight excluding hydrogens is 218 g/mol. The predicted molar refractivity (Wildman–Crippen MR) is 78.1 cm³/mol. The Kier molecular flexibility index (Phi) is 2.88. The Hall–Kier alpha value is -0.980. The molecule has 2 aliphatic rings. The average molecular weight is 243 g/mol. The van der Waals surface area contributed by atoms with E-state index in [4.69, 9.17) is 0 Å². The fourth-order valence-electron chi connectivity index (χ4n) is 3.42. The van der Waals surface area contributed by atoms with E-state index in [1.54, 1.807) is 16.7 Å². The number of anilines is 1. The Bertz CT molecular complexity index is 385. The van der Waals surface area contributed by atoms with Crippen LogP contribution >= 0.6 is 0 Å². The van der Waals surface area contributed by atoms with Crippen molar-refractivity contribution in [3.05, 3.63) is 28.8 Å². The van der Waals surface area contributed by atoms with Crippen molar-refractivity contribution in [2.75, 3.05) is 5.32 Å². The highest BCUT2D eigenvalue weighted by molar-refractivity contribution is 5.61. The lowest BCUT2D eigenvalue weighted by Crippen LogP contribution is -2.21. The van der Waals surface area contributed by atoms with Crippen molar-refractivity contribution < 1.29 is 0 Å². The Morgan fingerprint density at radius 1 is 0.889 bits per heavy atom. The first-order valence-corrected chi connectivity index (χ1v) is 7.45. The minimum atomic E-state index is 0.642. The van der Waals surface area contributed by atoms with Gasteiger partial charge in [-0.2, -0.15) is 0 Å². The molecule has 0 fully saturated rings. The number of rotatable bonds is 2. The lowest BCUT2D eigenvalue weighted by atomic mass is 9.93. The third-order valence-corrected chi connectivity index (χ3v) is 4.92. The van der Waals surface area contributed by atoms with E-state index in [1.165, 1.54) is 24.9 Å². The van der Waals surface area contributed by atoms with Gasteiger partial charge in [-0.25, -0.2) is 0 Å². The minimum absolute atomic E-state index is 0.642. The van der Waals surface area contributed by atoms with E-state index >= 15 is 0 Å². The molecule has 0 spiro atoms. The van der Waals surface area contributed by atoms with Crippen LogP contribution in [0.3, 0.4) is 0 Å². The molecule has 1 aliphatic heterocycles. The highest BCUT2D eigenvalue weighted by atomic mass is 15.0. The topological polar surface area (TPSA) is 12.0 Å². The van der Waals surface area contributed by atoms with Crippen LogP contribution < -0.4 is 5.32 Å². The van der Waals surface area contributed by atoms with Crippen LogP contribution in [-0.2, 0) is 19.3 Å². The molecule has 2 unspecified atom stereocenters. The molecule has 1 aromatic carbocycles. The van der Waals surface area contributed by atoms with Crippen LogP contribution in [0.15, 0.2) is 12.1 Å². The van der Waals surface area contributed by atoms with Crippen molar-refractivity contribution in [3.63, 3.8) is 0 Å². The highest BCUT2D eigenvalue weighted by Crippen LogP contribution is 2.38. The van der Waals surface area contributed by atoms with Gasteiger partial charge in [-0.15, -0.1) is 0 Å². The summed E-state index contributed by atoms with van der Waals surface area (Å²) in [6, 6.07) is 5.57. The molecule has 18 heavy (non-hydrogen) atoms. The second kappa shape index (κ2) is 4.29. The maximum absolute atomic E-state index is 3.71. The van der Waals surface area contributed by atoms with Gasteiger partial charge < -0.3 is 5.32 Å².